The summed E-state index contributed by atoms with van der Waals surface area (Å²) in [5.41, 5.74) is 0. The van der Waals surface area contributed by atoms with E-state index < -0.39 is 11.9 Å². The first-order valence-electron chi connectivity index (χ1n) is 6.89. The number of nitrogens with zero attached hydrogens (tertiary/aromatic N) is 2. The quantitative estimate of drug-likeness (QED) is 0.797. The summed E-state index contributed by atoms with van der Waals surface area (Å²) in [7, 11) is 0. The molecule has 0 spiro atoms. The molecule has 5 nitrogen and oxygen atoms in total. The Morgan fingerprint density at radius 3 is 2.32 bits per heavy atom. The lowest BCUT2D eigenvalue weighted by Gasteiger charge is -2.39. The van der Waals surface area contributed by atoms with E-state index in [0.717, 1.165) is 19.5 Å². The van der Waals surface area contributed by atoms with Crippen molar-refractivity contribution in [1.82, 2.24) is 9.80 Å². The molecule has 2 saturated heterocycles. The number of carbonyl (C=O) groups excluding carboxylic acids is 1. The van der Waals surface area contributed by atoms with Gasteiger partial charge in [-0.3, -0.25) is 4.79 Å². The Labute approximate surface area is 118 Å². The number of hydrogen-bond acceptors (Lipinski definition) is 3. The van der Waals surface area contributed by atoms with Crippen LogP contribution in [0.1, 0.15) is 26.7 Å². The topological polar surface area (TPSA) is 60.9 Å². The van der Waals surface area contributed by atoms with E-state index in [9.17, 15) is 9.59 Å². The molecule has 108 valence electrons. The molecule has 2 rings (SSSR count). The van der Waals surface area contributed by atoms with Crippen LogP contribution in [-0.2, 0) is 4.79 Å². The summed E-state index contributed by atoms with van der Waals surface area (Å²) in [6.45, 7) is 6.85. The predicted octanol–water partition coefficient (Wildman–Crippen LogP) is 1.73. The molecule has 2 amide bonds. The molecule has 0 saturated carbocycles. The molecule has 0 aromatic heterocycles. The van der Waals surface area contributed by atoms with Crippen molar-refractivity contribution < 1.29 is 14.7 Å². The van der Waals surface area contributed by atoms with Crippen LogP contribution in [-0.4, -0.2) is 63.6 Å². The fourth-order valence-electron chi connectivity index (χ4n) is 2.89. The van der Waals surface area contributed by atoms with Crippen LogP contribution in [0.25, 0.3) is 0 Å². The summed E-state index contributed by atoms with van der Waals surface area (Å²) in [5.74, 6) is -1.18. The summed E-state index contributed by atoms with van der Waals surface area (Å²) in [6, 6.07) is 0.0185. The minimum atomic E-state index is -0.784. The van der Waals surface area contributed by atoms with Crippen LogP contribution in [0.15, 0.2) is 0 Å². The van der Waals surface area contributed by atoms with E-state index in [2.05, 4.69) is 13.8 Å². The number of aliphatic carboxylic acids is 1. The molecule has 2 unspecified atom stereocenters. The van der Waals surface area contributed by atoms with E-state index in [1.807, 2.05) is 16.7 Å². The molecule has 3 atom stereocenters. The molecule has 2 heterocycles. The van der Waals surface area contributed by atoms with Gasteiger partial charge in [0, 0.05) is 36.7 Å². The molecule has 1 N–H and O–H groups in total. The number of amides is 2. The van der Waals surface area contributed by atoms with Crippen LogP contribution >= 0.6 is 11.8 Å². The number of carboxylic acid groups (broad SMARTS) is 1. The summed E-state index contributed by atoms with van der Waals surface area (Å²) in [5, 5.41) is 9.98. The third-order valence-electron chi connectivity index (χ3n) is 3.73. The third-order valence-corrected chi connectivity index (χ3v) is 4.96. The van der Waals surface area contributed by atoms with E-state index >= 15 is 0 Å². The van der Waals surface area contributed by atoms with Crippen LogP contribution in [0.3, 0.4) is 0 Å². The van der Waals surface area contributed by atoms with E-state index in [1.165, 1.54) is 0 Å². The molecule has 0 aliphatic carbocycles. The Balaban J connectivity index is 1.96. The molecule has 19 heavy (non-hydrogen) atoms. The van der Waals surface area contributed by atoms with Crippen molar-refractivity contribution in [2.75, 3.05) is 26.2 Å². The largest absolute Gasteiger partial charge is 0.481 e. The number of carbonyl (C=O) groups is 2. The maximum absolute atomic E-state index is 12.5. The number of rotatable bonds is 1. The zero-order valence-electron chi connectivity index (χ0n) is 11.5. The molecule has 2 aliphatic heterocycles. The third kappa shape index (κ3) is 3.55. The van der Waals surface area contributed by atoms with Crippen molar-refractivity contribution in [1.29, 1.82) is 0 Å². The van der Waals surface area contributed by atoms with Gasteiger partial charge in [-0.25, -0.2) is 4.79 Å². The second-order valence-corrected chi connectivity index (χ2v) is 7.45. The highest BCUT2D eigenvalue weighted by Gasteiger charge is 2.33. The zero-order valence-corrected chi connectivity index (χ0v) is 12.4. The molecule has 2 fully saturated rings. The van der Waals surface area contributed by atoms with Gasteiger partial charge in [0.05, 0.1) is 5.92 Å². The van der Waals surface area contributed by atoms with Crippen LogP contribution < -0.4 is 0 Å². The van der Waals surface area contributed by atoms with Gasteiger partial charge >= 0.3 is 12.0 Å². The lowest BCUT2D eigenvalue weighted by atomic mass is 9.98. The van der Waals surface area contributed by atoms with E-state index in [-0.39, 0.29) is 6.03 Å². The first-order valence-corrected chi connectivity index (χ1v) is 7.83. The molecule has 0 aromatic rings. The van der Waals surface area contributed by atoms with Crippen molar-refractivity contribution in [3.05, 3.63) is 0 Å². The molecule has 0 bridgehead atoms. The highest BCUT2D eigenvalue weighted by atomic mass is 32.2. The molecule has 0 radical (unpaired) electrons. The van der Waals surface area contributed by atoms with Crippen LogP contribution in [0.5, 0.6) is 0 Å². The summed E-state index contributed by atoms with van der Waals surface area (Å²) in [6.07, 6.45) is 1.47. The maximum Gasteiger partial charge on any atom is 0.320 e. The van der Waals surface area contributed by atoms with Gasteiger partial charge in [-0.15, -0.1) is 0 Å². The number of carboxylic acids is 1. The minimum absolute atomic E-state index is 0.0185. The number of urea groups is 1. The predicted molar refractivity (Wildman–Crippen MR) is 75.4 cm³/mol. The fraction of sp³-hybridized carbons (Fsp3) is 0.846. The Morgan fingerprint density at radius 1 is 1.11 bits per heavy atom. The maximum atomic E-state index is 12.5. The molecular formula is C13H22N2O3S. The zero-order chi connectivity index (χ0) is 14.0. The fourth-order valence-corrected chi connectivity index (χ4v) is 4.21. The van der Waals surface area contributed by atoms with Gasteiger partial charge in [0.1, 0.15) is 0 Å². The average Bonchev–Trinajstić information content (AvgIpc) is 2.37. The Morgan fingerprint density at radius 2 is 1.74 bits per heavy atom. The van der Waals surface area contributed by atoms with Gasteiger partial charge in [-0.2, -0.15) is 11.8 Å². The van der Waals surface area contributed by atoms with Crippen LogP contribution in [0.4, 0.5) is 4.79 Å². The average molecular weight is 286 g/mol. The summed E-state index contributed by atoms with van der Waals surface area (Å²) in [4.78, 5) is 27.1. The van der Waals surface area contributed by atoms with E-state index in [0.29, 0.717) is 30.0 Å². The Hall–Kier alpha value is -0.910. The van der Waals surface area contributed by atoms with E-state index in [1.54, 1.807) is 4.90 Å². The van der Waals surface area contributed by atoms with Gasteiger partial charge in [-0.05, 0) is 12.8 Å². The summed E-state index contributed by atoms with van der Waals surface area (Å²) < 4.78 is 0. The van der Waals surface area contributed by atoms with Crippen molar-refractivity contribution in [2.45, 2.75) is 37.2 Å². The minimum Gasteiger partial charge on any atom is -0.481 e. The molecule has 0 aromatic carbocycles. The lowest BCUT2D eigenvalue weighted by Crippen LogP contribution is -2.53. The summed E-state index contributed by atoms with van der Waals surface area (Å²) >= 11 is 1.91. The van der Waals surface area contributed by atoms with Gasteiger partial charge in [0.2, 0.25) is 0 Å². The second kappa shape index (κ2) is 6.03. The monoisotopic (exact) mass is 286 g/mol. The van der Waals surface area contributed by atoms with Crippen LogP contribution in [0, 0.1) is 5.92 Å². The Kier molecular flexibility index (Phi) is 4.60. The van der Waals surface area contributed by atoms with Crippen LogP contribution in [0.2, 0.25) is 0 Å². The standard InChI is InChI=1S/C13H22N2O3S/c1-9-6-15(7-10(2)19-9)13(18)14-5-3-4-11(8-14)12(16)17/h9-11H,3-8H2,1-2H3,(H,16,17)/t9?,10?,11-/m1/s1. The van der Waals surface area contributed by atoms with Gasteiger partial charge in [0.25, 0.3) is 0 Å². The molecule has 6 heteroatoms. The van der Waals surface area contributed by atoms with Crippen molar-refractivity contribution >= 4 is 23.8 Å². The number of thioether (sulfide) groups is 1. The highest BCUT2D eigenvalue weighted by molar-refractivity contribution is 8.00. The normalized spacial score (nSPS) is 32.2. The second-order valence-electron chi connectivity index (χ2n) is 5.57. The number of piperidine rings is 1. The SMILES string of the molecule is CC1CN(C(=O)N2CCC[C@@H](C(=O)O)C2)CC(C)S1. The molecule has 2 aliphatic rings. The van der Waals surface area contributed by atoms with Gasteiger partial charge < -0.3 is 14.9 Å². The molecular weight excluding hydrogens is 264 g/mol. The number of hydrogen-bond donors (Lipinski definition) is 1. The van der Waals surface area contributed by atoms with Crippen molar-refractivity contribution in [3.8, 4) is 0 Å². The first-order chi connectivity index (χ1) is 8.97. The number of likely N-dealkylation sites (tertiary alicyclic amines) is 1. The lowest BCUT2D eigenvalue weighted by molar-refractivity contribution is -0.143. The Bertz CT molecular complexity index is 354. The van der Waals surface area contributed by atoms with Gasteiger partial charge in [-0.1, -0.05) is 13.8 Å². The van der Waals surface area contributed by atoms with Gasteiger partial charge in [0.15, 0.2) is 0 Å². The first kappa shape index (κ1) is 14.5. The smallest absolute Gasteiger partial charge is 0.320 e. The van der Waals surface area contributed by atoms with Crippen molar-refractivity contribution in [2.24, 2.45) is 5.92 Å². The van der Waals surface area contributed by atoms with E-state index in [4.69, 9.17) is 5.11 Å². The van der Waals surface area contributed by atoms with Crippen molar-refractivity contribution in [3.63, 3.8) is 0 Å². The highest BCUT2D eigenvalue weighted by Crippen LogP contribution is 2.26.